The number of rotatable bonds is 2. The molecule has 0 saturated carbocycles. The lowest BCUT2D eigenvalue weighted by Gasteiger charge is -2.40. The first-order chi connectivity index (χ1) is 18.5. The Morgan fingerprint density at radius 2 is 1.55 bits per heavy atom. The van der Waals surface area contributed by atoms with Crippen molar-refractivity contribution in [3.8, 4) is 39.8 Å². The minimum absolute atomic E-state index is 0.110. The third-order valence-electron chi connectivity index (χ3n) is 6.58. The fourth-order valence-corrected chi connectivity index (χ4v) is 4.97. The fraction of sp³-hybridized carbons (Fsp3) is 0.0357. The summed E-state index contributed by atoms with van der Waals surface area (Å²) in [6.45, 7) is 0. The van der Waals surface area contributed by atoms with Crippen LogP contribution in [0.5, 0.6) is 17.4 Å². The molecule has 2 N–H and O–H groups in total. The first-order valence-corrected chi connectivity index (χ1v) is 11.6. The van der Waals surface area contributed by atoms with E-state index in [1.165, 1.54) is 18.5 Å². The third kappa shape index (κ3) is 3.23. The van der Waals surface area contributed by atoms with Crippen LogP contribution >= 0.6 is 0 Å². The molecule has 0 radical (unpaired) electrons. The van der Waals surface area contributed by atoms with E-state index in [0.29, 0.717) is 50.6 Å². The number of benzene rings is 1. The molecule has 1 unspecified atom stereocenters. The van der Waals surface area contributed by atoms with E-state index in [1.807, 2.05) is 6.07 Å². The highest BCUT2D eigenvalue weighted by Crippen LogP contribution is 2.56. The summed E-state index contributed by atoms with van der Waals surface area (Å²) < 4.78 is 40.6. The predicted octanol–water partition coefficient (Wildman–Crippen LogP) is 4.98. The molecule has 5 aromatic rings. The Morgan fingerprint density at radius 3 is 2.42 bits per heavy atom. The van der Waals surface area contributed by atoms with Gasteiger partial charge < -0.3 is 15.2 Å². The Bertz CT molecular complexity index is 1790. The van der Waals surface area contributed by atoms with Gasteiger partial charge in [-0.05, 0) is 54.1 Å². The molecule has 38 heavy (non-hydrogen) atoms. The summed E-state index contributed by atoms with van der Waals surface area (Å²) in [5.41, 5.74) is 8.56. The van der Waals surface area contributed by atoms with Crippen molar-refractivity contribution in [1.29, 1.82) is 0 Å². The molecule has 6 heterocycles. The molecule has 1 atom stereocenters. The van der Waals surface area contributed by atoms with E-state index in [2.05, 4.69) is 19.9 Å². The Kier molecular flexibility index (Phi) is 4.71. The van der Waals surface area contributed by atoms with Gasteiger partial charge in [-0.2, -0.15) is 8.78 Å². The monoisotopic (exact) mass is 506 g/mol. The Labute approximate surface area is 214 Å². The summed E-state index contributed by atoms with van der Waals surface area (Å²) in [7, 11) is 0. The molecule has 7 rings (SSSR count). The lowest BCUT2D eigenvalue weighted by molar-refractivity contribution is 0.392. The van der Waals surface area contributed by atoms with Gasteiger partial charge >= 0.3 is 0 Å². The second-order valence-electron chi connectivity index (χ2n) is 8.71. The van der Waals surface area contributed by atoms with Gasteiger partial charge in [0.25, 0.3) is 6.02 Å². The molecule has 0 bridgehead atoms. The molecule has 1 spiro atoms. The number of aromatic nitrogens is 4. The average Bonchev–Trinajstić information content (AvgIpc) is 2.93. The summed E-state index contributed by atoms with van der Waals surface area (Å²) in [6, 6.07) is 16.8. The van der Waals surface area contributed by atoms with Gasteiger partial charge in [-0.1, -0.05) is 6.07 Å². The predicted molar refractivity (Wildman–Crippen MR) is 134 cm³/mol. The van der Waals surface area contributed by atoms with Crippen LogP contribution < -0.4 is 15.2 Å². The quantitative estimate of drug-likeness (QED) is 0.336. The van der Waals surface area contributed by atoms with E-state index in [0.717, 1.165) is 0 Å². The maximum absolute atomic E-state index is 14.7. The zero-order valence-electron chi connectivity index (χ0n) is 19.5. The van der Waals surface area contributed by atoms with Crippen molar-refractivity contribution < 1.29 is 18.3 Å². The molecule has 8 nitrogen and oxygen atoms in total. The van der Waals surface area contributed by atoms with E-state index in [4.69, 9.17) is 20.2 Å². The van der Waals surface area contributed by atoms with Gasteiger partial charge in [0.2, 0.25) is 17.8 Å². The first kappa shape index (κ1) is 22.0. The summed E-state index contributed by atoms with van der Waals surface area (Å²) >= 11 is 0. The molecular formula is C28H16F2N6O2. The molecule has 2 aliphatic rings. The molecule has 10 heteroatoms. The van der Waals surface area contributed by atoms with Gasteiger partial charge in [-0.3, -0.25) is 4.98 Å². The number of ether oxygens (including phenoxy) is 2. The smallest absolute Gasteiger partial charge is 0.290 e. The number of amidine groups is 1. The van der Waals surface area contributed by atoms with Crippen LogP contribution in [0.1, 0.15) is 16.7 Å². The molecular weight excluding hydrogens is 490 g/mol. The van der Waals surface area contributed by atoms with Gasteiger partial charge in [-0.25, -0.2) is 19.9 Å². The SMILES string of the molecule is NC1=NC2(c3cc(-c4cccnc4F)ccc3Oc3cnc(-c4ccnc(F)c4)cc32)c2cccnc2O1. The maximum Gasteiger partial charge on any atom is 0.290 e. The summed E-state index contributed by atoms with van der Waals surface area (Å²) in [5, 5.41) is 0. The highest BCUT2D eigenvalue weighted by atomic mass is 19.1. The van der Waals surface area contributed by atoms with Gasteiger partial charge in [0.05, 0.1) is 17.5 Å². The summed E-state index contributed by atoms with van der Waals surface area (Å²) in [5.74, 6) is -0.0797. The van der Waals surface area contributed by atoms with Crippen LogP contribution in [0.25, 0.3) is 22.4 Å². The minimum Gasteiger partial charge on any atom is -0.455 e. The van der Waals surface area contributed by atoms with E-state index >= 15 is 0 Å². The Balaban J connectivity index is 1.55. The zero-order chi connectivity index (χ0) is 25.9. The molecule has 4 aromatic heterocycles. The van der Waals surface area contributed by atoms with Crippen LogP contribution in [0.4, 0.5) is 8.78 Å². The number of nitrogens with zero attached hydrogens (tertiary/aromatic N) is 5. The van der Waals surface area contributed by atoms with E-state index in [-0.39, 0.29) is 11.9 Å². The molecule has 184 valence electrons. The number of nitrogens with two attached hydrogens (primary N) is 1. The highest BCUT2D eigenvalue weighted by Gasteiger charge is 2.49. The molecule has 1 aromatic carbocycles. The van der Waals surface area contributed by atoms with Crippen molar-refractivity contribution in [1.82, 2.24) is 19.9 Å². The molecule has 0 fully saturated rings. The van der Waals surface area contributed by atoms with Gasteiger partial charge in [-0.15, -0.1) is 0 Å². The maximum atomic E-state index is 14.7. The second-order valence-corrected chi connectivity index (χ2v) is 8.71. The van der Waals surface area contributed by atoms with Crippen LogP contribution in [0.2, 0.25) is 0 Å². The number of aliphatic imine (C=N–C) groups is 1. The Morgan fingerprint density at radius 1 is 0.711 bits per heavy atom. The number of hydrogen-bond donors (Lipinski definition) is 1. The standard InChI is InChI=1S/C28H16F2N6O2/c29-24-12-16(7-10-32-24)21-13-20-23(14-35-21)37-22-6-5-15(17-3-1-8-33-25(17)30)11-19(22)28(20)18-4-2-9-34-26(18)38-27(31)36-28/h1-14H,(H2,31,36). The van der Waals surface area contributed by atoms with E-state index < -0.39 is 17.4 Å². The van der Waals surface area contributed by atoms with Crippen LogP contribution in [0.15, 0.2) is 90.4 Å². The van der Waals surface area contributed by atoms with Gasteiger partial charge in [0.1, 0.15) is 5.75 Å². The van der Waals surface area contributed by atoms with Crippen molar-refractivity contribution in [2.75, 3.05) is 0 Å². The number of halogens is 2. The van der Waals surface area contributed by atoms with Crippen molar-refractivity contribution in [3.05, 3.63) is 114 Å². The second kappa shape index (κ2) is 8.13. The fourth-order valence-electron chi connectivity index (χ4n) is 4.97. The van der Waals surface area contributed by atoms with Gasteiger partial charge in [0.15, 0.2) is 11.3 Å². The number of pyridine rings is 4. The van der Waals surface area contributed by atoms with E-state index in [1.54, 1.807) is 60.9 Å². The lowest BCUT2D eigenvalue weighted by atomic mass is 9.74. The minimum atomic E-state index is -1.28. The van der Waals surface area contributed by atoms with Crippen LogP contribution in [-0.4, -0.2) is 26.0 Å². The van der Waals surface area contributed by atoms with Gasteiger partial charge in [0, 0.05) is 46.9 Å². The molecule has 0 aliphatic carbocycles. The zero-order valence-corrected chi connectivity index (χ0v) is 19.5. The number of fused-ring (bicyclic) bond motifs is 6. The molecule has 0 saturated heterocycles. The third-order valence-corrected chi connectivity index (χ3v) is 6.58. The normalized spacial score (nSPS) is 16.9. The highest BCUT2D eigenvalue weighted by molar-refractivity contribution is 5.82. The van der Waals surface area contributed by atoms with Crippen molar-refractivity contribution in [2.24, 2.45) is 10.7 Å². The summed E-state index contributed by atoms with van der Waals surface area (Å²) in [6.07, 6.45) is 5.90. The molecule has 2 aliphatic heterocycles. The largest absolute Gasteiger partial charge is 0.455 e. The topological polar surface area (TPSA) is 108 Å². The lowest BCUT2D eigenvalue weighted by Crippen LogP contribution is -2.39. The average molecular weight is 506 g/mol. The van der Waals surface area contributed by atoms with Crippen molar-refractivity contribution in [2.45, 2.75) is 5.54 Å². The molecule has 0 amide bonds. The van der Waals surface area contributed by atoms with E-state index in [9.17, 15) is 8.78 Å². The number of hydrogen-bond acceptors (Lipinski definition) is 8. The van der Waals surface area contributed by atoms with Crippen molar-refractivity contribution >= 4 is 6.02 Å². The van der Waals surface area contributed by atoms with Crippen LogP contribution in [0.3, 0.4) is 0 Å². The van der Waals surface area contributed by atoms with Crippen molar-refractivity contribution in [3.63, 3.8) is 0 Å². The van der Waals surface area contributed by atoms with Crippen LogP contribution in [0, 0.1) is 11.9 Å². The first-order valence-electron chi connectivity index (χ1n) is 11.6. The van der Waals surface area contributed by atoms with Crippen LogP contribution in [-0.2, 0) is 5.54 Å². The Hall–Kier alpha value is -5.25. The summed E-state index contributed by atoms with van der Waals surface area (Å²) in [4.78, 5) is 21.1.